The molecule has 1 aliphatic heterocycles. The van der Waals surface area contributed by atoms with Gasteiger partial charge in [-0.15, -0.1) is 0 Å². The van der Waals surface area contributed by atoms with Gasteiger partial charge in [-0.3, -0.25) is 0 Å². The molecule has 0 spiro atoms. The van der Waals surface area contributed by atoms with Crippen LogP contribution in [0, 0.1) is 0 Å². The summed E-state index contributed by atoms with van der Waals surface area (Å²) in [5.74, 6) is 0. The van der Waals surface area contributed by atoms with Gasteiger partial charge in [-0.2, -0.15) is 0 Å². The molecule has 0 unspecified atom stereocenters. The second-order valence-corrected chi connectivity index (χ2v) is 2.16. The van der Waals surface area contributed by atoms with Crippen molar-refractivity contribution in [2.24, 2.45) is 0 Å². The molecule has 1 heterocycles. The Morgan fingerprint density at radius 2 is 1.25 bits per heavy atom. The minimum Gasteiger partial charge on any atom is -0.317 e. The van der Waals surface area contributed by atoms with Crippen LogP contribution in [-0.4, -0.2) is 13.1 Å². The van der Waals surface area contributed by atoms with Crippen LogP contribution in [0.15, 0.2) is 0 Å². The Bertz CT molecular complexity index is 24.0. The second-order valence-electron chi connectivity index (χ2n) is 2.16. The Hall–Kier alpha value is -0.0400. The highest BCUT2D eigenvalue weighted by Gasteiger charge is 1.94. The van der Waals surface area contributed by atoms with Crippen LogP contribution in [0.3, 0.4) is 0 Å². The van der Waals surface area contributed by atoms with Crippen LogP contribution >= 0.6 is 0 Å². The molecule has 0 aromatic heterocycles. The van der Waals surface area contributed by atoms with E-state index >= 15 is 0 Å². The largest absolute Gasteiger partial charge is 0.317 e. The van der Waals surface area contributed by atoms with E-state index < -0.39 is 0 Å². The topological polar surface area (TPSA) is 12.0 Å². The molecule has 1 aliphatic rings. The van der Waals surface area contributed by atoms with Crippen molar-refractivity contribution in [2.75, 3.05) is 13.1 Å². The molecule has 1 fully saturated rings. The van der Waals surface area contributed by atoms with Crippen LogP contribution in [0.1, 0.15) is 33.1 Å². The van der Waals surface area contributed by atoms with Gasteiger partial charge in [0.2, 0.25) is 0 Å². The Morgan fingerprint density at radius 1 is 0.750 bits per heavy atom. The van der Waals surface area contributed by atoms with E-state index in [1.54, 1.807) is 0 Å². The highest BCUT2D eigenvalue weighted by molar-refractivity contribution is 4.54. The summed E-state index contributed by atoms with van der Waals surface area (Å²) in [6.07, 6.45) is 5.65. The quantitative estimate of drug-likeness (QED) is 0.507. The Morgan fingerprint density at radius 3 is 1.75 bits per heavy atom. The molecule has 0 aromatic carbocycles. The molecule has 1 nitrogen and oxygen atoms in total. The predicted molar refractivity (Wildman–Crippen MR) is 38.1 cm³/mol. The lowest BCUT2D eigenvalue weighted by molar-refractivity contribution is 0.702. The fraction of sp³-hybridized carbons (Fsp3) is 1.00. The van der Waals surface area contributed by atoms with Crippen LogP contribution < -0.4 is 5.32 Å². The molecule has 0 amide bonds. The van der Waals surface area contributed by atoms with Crippen molar-refractivity contribution in [3.05, 3.63) is 0 Å². The molecule has 1 rings (SSSR count). The average molecular weight is 115 g/mol. The molecule has 0 radical (unpaired) electrons. The van der Waals surface area contributed by atoms with Crippen LogP contribution in [0.2, 0.25) is 0 Å². The van der Waals surface area contributed by atoms with E-state index in [2.05, 4.69) is 5.32 Å². The first-order valence-electron chi connectivity index (χ1n) is 3.21. The number of nitrogens with one attached hydrogen (secondary N) is 1. The van der Waals surface area contributed by atoms with Crippen molar-refractivity contribution in [2.45, 2.75) is 33.1 Å². The molecule has 0 atom stereocenters. The van der Waals surface area contributed by atoms with E-state index in [9.17, 15) is 0 Å². The fourth-order valence-corrected chi connectivity index (χ4v) is 0.979. The summed E-state index contributed by atoms with van der Waals surface area (Å²) in [7, 11) is 0. The summed E-state index contributed by atoms with van der Waals surface area (Å²) in [6.45, 7) is 2.50. The van der Waals surface area contributed by atoms with Crippen molar-refractivity contribution in [3.8, 4) is 0 Å². The first kappa shape index (κ1) is 7.96. The standard InChI is InChI=1S/C6H13N.CH4/c1-2-4-6-7-5-3-1;/h7H,1-6H2;1H4. The first-order valence-corrected chi connectivity index (χ1v) is 3.21. The van der Waals surface area contributed by atoms with E-state index in [0.717, 1.165) is 0 Å². The van der Waals surface area contributed by atoms with Crippen molar-refractivity contribution in [1.82, 2.24) is 5.32 Å². The van der Waals surface area contributed by atoms with E-state index in [4.69, 9.17) is 0 Å². The minimum atomic E-state index is 0. The SMILES string of the molecule is C.C1CCCNCC1. The van der Waals surface area contributed by atoms with Gasteiger partial charge in [-0.05, 0) is 25.9 Å². The van der Waals surface area contributed by atoms with Gasteiger partial charge in [0.1, 0.15) is 0 Å². The van der Waals surface area contributed by atoms with Gasteiger partial charge in [-0.1, -0.05) is 20.3 Å². The van der Waals surface area contributed by atoms with E-state index in [1.165, 1.54) is 38.8 Å². The fourth-order valence-electron chi connectivity index (χ4n) is 0.979. The van der Waals surface area contributed by atoms with Crippen LogP contribution in [-0.2, 0) is 0 Å². The zero-order valence-electron chi connectivity index (χ0n) is 4.74. The van der Waals surface area contributed by atoms with Crippen molar-refractivity contribution < 1.29 is 0 Å². The highest BCUT2D eigenvalue weighted by atomic mass is 14.8. The highest BCUT2D eigenvalue weighted by Crippen LogP contribution is 2.00. The van der Waals surface area contributed by atoms with Crippen molar-refractivity contribution in [3.63, 3.8) is 0 Å². The molecule has 1 saturated heterocycles. The summed E-state index contributed by atoms with van der Waals surface area (Å²) in [6, 6.07) is 0. The average Bonchev–Trinajstić information content (AvgIpc) is 1.90. The number of hydrogen-bond acceptors (Lipinski definition) is 1. The molecule has 0 saturated carbocycles. The van der Waals surface area contributed by atoms with Crippen molar-refractivity contribution >= 4 is 0 Å². The van der Waals surface area contributed by atoms with Crippen LogP contribution in [0.4, 0.5) is 0 Å². The Kier molecular flexibility index (Phi) is 5.08. The first-order chi connectivity index (χ1) is 3.50. The van der Waals surface area contributed by atoms with Gasteiger partial charge >= 0.3 is 0 Å². The van der Waals surface area contributed by atoms with Gasteiger partial charge in [0.15, 0.2) is 0 Å². The third-order valence-electron chi connectivity index (χ3n) is 1.46. The molecule has 0 aliphatic carbocycles. The third kappa shape index (κ3) is 3.03. The summed E-state index contributed by atoms with van der Waals surface area (Å²) in [5, 5.41) is 3.35. The van der Waals surface area contributed by atoms with Gasteiger partial charge < -0.3 is 5.32 Å². The summed E-state index contributed by atoms with van der Waals surface area (Å²) < 4.78 is 0. The zero-order valence-corrected chi connectivity index (χ0v) is 4.74. The molecule has 1 N–H and O–H groups in total. The maximum absolute atomic E-state index is 3.35. The Balaban J connectivity index is 0.000000490. The lowest BCUT2D eigenvalue weighted by Gasteiger charge is -1.91. The van der Waals surface area contributed by atoms with Crippen LogP contribution in [0.25, 0.3) is 0 Å². The minimum absolute atomic E-state index is 0. The normalized spacial score (nSPS) is 21.0. The molecular weight excluding hydrogens is 98.1 g/mol. The molecule has 0 aromatic rings. The summed E-state index contributed by atoms with van der Waals surface area (Å²) >= 11 is 0. The number of rotatable bonds is 0. The van der Waals surface area contributed by atoms with Gasteiger partial charge in [-0.25, -0.2) is 0 Å². The van der Waals surface area contributed by atoms with Crippen LogP contribution in [0.5, 0.6) is 0 Å². The van der Waals surface area contributed by atoms with Gasteiger partial charge in [0.25, 0.3) is 0 Å². The second kappa shape index (κ2) is 5.10. The van der Waals surface area contributed by atoms with E-state index in [-0.39, 0.29) is 7.43 Å². The molecular formula is C7H17N. The Labute approximate surface area is 52.5 Å². The van der Waals surface area contributed by atoms with E-state index in [0.29, 0.717) is 0 Å². The number of hydrogen-bond donors (Lipinski definition) is 1. The molecule has 0 bridgehead atoms. The van der Waals surface area contributed by atoms with Gasteiger partial charge in [0.05, 0.1) is 0 Å². The summed E-state index contributed by atoms with van der Waals surface area (Å²) in [5.41, 5.74) is 0. The third-order valence-corrected chi connectivity index (χ3v) is 1.46. The molecule has 1 heteroatoms. The maximum atomic E-state index is 3.35. The van der Waals surface area contributed by atoms with Gasteiger partial charge in [0, 0.05) is 0 Å². The lowest BCUT2D eigenvalue weighted by atomic mass is 10.2. The predicted octanol–water partition coefficient (Wildman–Crippen LogP) is 1.79. The smallest absolute Gasteiger partial charge is 0.00489 e. The van der Waals surface area contributed by atoms with Crippen molar-refractivity contribution in [1.29, 1.82) is 0 Å². The monoisotopic (exact) mass is 115 g/mol. The summed E-state index contributed by atoms with van der Waals surface area (Å²) in [4.78, 5) is 0. The zero-order chi connectivity index (χ0) is 4.95. The van der Waals surface area contributed by atoms with E-state index in [1.807, 2.05) is 0 Å². The lowest BCUT2D eigenvalue weighted by Crippen LogP contribution is -2.12. The maximum Gasteiger partial charge on any atom is -0.00489 e. The molecule has 8 heavy (non-hydrogen) atoms. The molecule has 50 valence electrons.